The van der Waals surface area contributed by atoms with Crippen LogP contribution in [0.3, 0.4) is 0 Å². The predicted octanol–water partition coefficient (Wildman–Crippen LogP) is 1.78. The molecule has 6 nitrogen and oxygen atoms in total. The van der Waals surface area contributed by atoms with E-state index in [0.717, 1.165) is 12.0 Å². The van der Waals surface area contributed by atoms with Crippen molar-refractivity contribution < 1.29 is 19.4 Å². The number of amides is 2. The Balaban J connectivity index is 2.32. The highest BCUT2D eigenvalue weighted by atomic mass is 16.5. The highest BCUT2D eigenvalue weighted by Crippen LogP contribution is 2.03. The van der Waals surface area contributed by atoms with Gasteiger partial charge in [0.25, 0.3) is 0 Å². The van der Waals surface area contributed by atoms with Gasteiger partial charge in [-0.15, -0.1) is 0 Å². The van der Waals surface area contributed by atoms with Gasteiger partial charge in [-0.05, 0) is 17.9 Å². The molecular formula is C17H26N2O4. The van der Waals surface area contributed by atoms with Gasteiger partial charge in [0.2, 0.25) is 0 Å². The van der Waals surface area contributed by atoms with Gasteiger partial charge >= 0.3 is 12.0 Å². The molecule has 0 spiro atoms. The largest absolute Gasteiger partial charge is 0.460 e. The molecule has 2 N–H and O–H groups in total. The smallest absolute Gasteiger partial charge is 0.325 e. The van der Waals surface area contributed by atoms with Crippen molar-refractivity contribution >= 4 is 12.0 Å². The first-order valence-corrected chi connectivity index (χ1v) is 7.86. The normalized spacial score (nSPS) is 10.4. The fourth-order valence-electron chi connectivity index (χ4n) is 1.90. The Morgan fingerprint density at radius 1 is 1.22 bits per heavy atom. The summed E-state index contributed by atoms with van der Waals surface area (Å²) in [5.74, 6) is -0.0326. The number of hydrogen-bond acceptors (Lipinski definition) is 4. The van der Waals surface area contributed by atoms with E-state index in [1.807, 2.05) is 30.3 Å². The zero-order valence-electron chi connectivity index (χ0n) is 13.8. The van der Waals surface area contributed by atoms with E-state index in [9.17, 15) is 9.59 Å². The van der Waals surface area contributed by atoms with Crippen molar-refractivity contribution in [2.24, 2.45) is 5.92 Å². The van der Waals surface area contributed by atoms with Crippen LogP contribution in [0.4, 0.5) is 4.79 Å². The summed E-state index contributed by atoms with van der Waals surface area (Å²) in [7, 11) is 0. The summed E-state index contributed by atoms with van der Waals surface area (Å²) in [4.78, 5) is 25.2. The topological polar surface area (TPSA) is 78.9 Å². The number of carbonyl (C=O) groups is 2. The van der Waals surface area contributed by atoms with Gasteiger partial charge in [0.1, 0.15) is 13.2 Å². The van der Waals surface area contributed by atoms with Gasteiger partial charge in [-0.2, -0.15) is 0 Å². The fraction of sp³-hybridized carbons (Fsp3) is 0.529. The molecule has 0 fully saturated rings. The number of aliphatic hydroxyl groups excluding tert-OH is 1. The fourth-order valence-corrected chi connectivity index (χ4v) is 1.90. The van der Waals surface area contributed by atoms with E-state index in [0.29, 0.717) is 12.5 Å². The average molecular weight is 322 g/mol. The number of hydrogen-bond donors (Lipinski definition) is 2. The van der Waals surface area contributed by atoms with Crippen molar-refractivity contribution in [3.05, 3.63) is 35.9 Å². The van der Waals surface area contributed by atoms with Crippen molar-refractivity contribution in [3.63, 3.8) is 0 Å². The number of aliphatic hydroxyl groups is 1. The minimum absolute atomic E-state index is 0.107. The number of carbonyl (C=O) groups excluding carboxylic acids is 2. The number of nitrogens with zero attached hydrogens (tertiary/aromatic N) is 1. The molecule has 0 aliphatic heterocycles. The number of benzene rings is 1. The molecule has 0 saturated heterocycles. The molecule has 6 heteroatoms. The lowest BCUT2D eigenvalue weighted by Crippen LogP contribution is -2.44. The van der Waals surface area contributed by atoms with Crippen LogP contribution in [0.5, 0.6) is 0 Å². The Labute approximate surface area is 137 Å². The van der Waals surface area contributed by atoms with Crippen LogP contribution in [0.25, 0.3) is 0 Å². The lowest BCUT2D eigenvalue weighted by atomic mass is 10.1. The SMILES string of the molecule is CC(C)CCN(CCO)C(=O)NCC(=O)OCc1ccccc1. The van der Waals surface area contributed by atoms with E-state index >= 15 is 0 Å². The second-order valence-corrected chi connectivity index (χ2v) is 5.70. The Kier molecular flexibility index (Phi) is 8.75. The first-order chi connectivity index (χ1) is 11.0. The van der Waals surface area contributed by atoms with E-state index in [-0.39, 0.29) is 32.3 Å². The summed E-state index contributed by atoms with van der Waals surface area (Å²) >= 11 is 0. The molecule has 128 valence electrons. The van der Waals surface area contributed by atoms with Crippen LogP contribution in [0, 0.1) is 5.92 Å². The minimum Gasteiger partial charge on any atom is -0.460 e. The maximum atomic E-state index is 12.0. The molecule has 0 atom stereocenters. The zero-order valence-corrected chi connectivity index (χ0v) is 13.8. The third-order valence-electron chi connectivity index (χ3n) is 3.26. The number of ether oxygens (including phenoxy) is 1. The Hall–Kier alpha value is -2.08. The molecule has 0 aliphatic rings. The second kappa shape index (κ2) is 10.6. The summed E-state index contributed by atoms with van der Waals surface area (Å²) in [6.45, 7) is 4.81. The standard InChI is InChI=1S/C17H26N2O4/c1-14(2)8-9-19(10-11-20)17(22)18-12-16(21)23-13-15-6-4-3-5-7-15/h3-7,14,20H,8-13H2,1-2H3,(H,18,22). The molecule has 0 radical (unpaired) electrons. The molecule has 0 aromatic heterocycles. The van der Waals surface area contributed by atoms with Crippen LogP contribution in [-0.4, -0.2) is 48.2 Å². The average Bonchev–Trinajstić information content (AvgIpc) is 2.55. The van der Waals surface area contributed by atoms with Crippen molar-refractivity contribution in [1.82, 2.24) is 10.2 Å². The summed E-state index contributed by atoms with van der Waals surface area (Å²) in [5, 5.41) is 11.6. The Morgan fingerprint density at radius 2 is 1.91 bits per heavy atom. The number of rotatable bonds is 9. The van der Waals surface area contributed by atoms with E-state index in [1.165, 1.54) is 4.90 Å². The van der Waals surface area contributed by atoms with Crippen LogP contribution in [0.15, 0.2) is 30.3 Å². The molecule has 23 heavy (non-hydrogen) atoms. The molecule has 0 saturated carbocycles. The van der Waals surface area contributed by atoms with E-state index < -0.39 is 5.97 Å². The monoisotopic (exact) mass is 322 g/mol. The van der Waals surface area contributed by atoms with E-state index in [1.54, 1.807) is 0 Å². The molecule has 0 unspecified atom stereocenters. The van der Waals surface area contributed by atoms with Gasteiger partial charge in [0.15, 0.2) is 0 Å². The third kappa shape index (κ3) is 8.21. The Morgan fingerprint density at radius 3 is 2.52 bits per heavy atom. The molecule has 1 aromatic carbocycles. The highest BCUT2D eigenvalue weighted by Gasteiger charge is 2.14. The van der Waals surface area contributed by atoms with Gasteiger partial charge in [-0.3, -0.25) is 4.79 Å². The van der Waals surface area contributed by atoms with Crippen LogP contribution in [0.1, 0.15) is 25.8 Å². The molecule has 1 aromatic rings. The van der Waals surface area contributed by atoms with Crippen LogP contribution in [-0.2, 0) is 16.1 Å². The molecule has 2 amide bonds. The molecule has 0 aliphatic carbocycles. The maximum absolute atomic E-state index is 12.0. The van der Waals surface area contributed by atoms with Crippen molar-refractivity contribution in [1.29, 1.82) is 0 Å². The van der Waals surface area contributed by atoms with Gasteiger partial charge in [0.05, 0.1) is 6.61 Å². The van der Waals surface area contributed by atoms with Crippen LogP contribution >= 0.6 is 0 Å². The van der Waals surface area contributed by atoms with E-state index in [2.05, 4.69) is 19.2 Å². The van der Waals surface area contributed by atoms with Crippen LogP contribution < -0.4 is 5.32 Å². The first-order valence-electron chi connectivity index (χ1n) is 7.86. The lowest BCUT2D eigenvalue weighted by Gasteiger charge is -2.22. The third-order valence-corrected chi connectivity index (χ3v) is 3.26. The second-order valence-electron chi connectivity index (χ2n) is 5.70. The zero-order chi connectivity index (χ0) is 17.1. The Bertz CT molecular complexity index is 477. The van der Waals surface area contributed by atoms with Crippen molar-refractivity contribution in [2.45, 2.75) is 26.9 Å². The minimum atomic E-state index is -0.491. The number of nitrogens with one attached hydrogen (secondary N) is 1. The quantitative estimate of drug-likeness (QED) is 0.679. The molecule has 1 rings (SSSR count). The molecule has 0 bridgehead atoms. The summed E-state index contributed by atoms with van der Waals surface area (Å²) < 4.78 is 5.09. The molecular weight excluding hydrogens is 296 g/mol. The highest BCUT2D eigenvalue weighted by molar-refractivity contribution is 5.80. The lowest BCUT2D eigenvalue weighted by molar-refractivity contribution is -0.143. The van der Waals surface area contributed by atoms with Gasteiger partial charge in [-0.1, -0.05) is 44.2 Å². The van der Waals surface area contributed by atoms with Gasteiger partial charge < -0.3 is 20.1 Å². The van der Waals surface area contributed by atoms with Crippen molar-refractivity contribution in [3.8, 4) is 0 Å². The maximum Gasteiger partial charge on any atom is 0.325 e. The number of urea groups is 1. The van der Waals surface area contributed by atoms with Crippen molar-refractivity contribution in [2.75, 3.05) is 26.2 Å². The van der Waals surface area contributed by atoms with Crippen LogP contribution in [0.2, 0.25) is 0 Å². The van der Waals surface area contributed by atoms with Gasteiger partial charge in [-0.25, -0.2) is 4.79 Å². The van der Waals surface area contributed by atoms with Gasteiger partial charge in [0, 0.05) is 13.1 Å². The predicted molar refractivity (Wildman–Crippen MR) is 87.8 cm³/mol. The first kappa shape index (κ1) is 19.0. The summed E-state index contributed by atoms with van der Waals surface area (Å²) in [6, 6.07) is 8.98. The summed E-state index contributed by atoms with van der Waals surface area (Å²) in [6.07, 6.45) is 0.839. The number of esters is 1. The molecule has 0 heterocycles. The van der Waals surface area contributed by atoms with E-state index in [4.69, 9.17) is 9.84 Å². The summed E-state index contributed by atoms with van der Waals surface area (Å²) in [5.41, 5.74) is 0.894.